The van der Waals surface area contributed by atoms with Crippen molar-refractivity contribution in [3.05, 3.63) is 67.7 Å². The Bertz CT molecular complexity index is 1060. The van der Waals surface area contributed by atoms with Gasteiger partial charge in [-0.2, -0.15) is 10.3 Å². The molecule has 0 amide bonds. The van der Waals surface area contributed by atoms with Crippen LogP contribution in [0.4, 0.5) is 0 Å². The number of hydrogen-bond acceptors (Lipinski definition) is 7. The zero-order valence-electron chi connectivity index (χ0n) is 14.6. The van der Waals surface area contributed by atoms with Gasteiger partial charge in [-0.15, -0.1) is 0 Å². The number of benzene rings is 1. The summed E-state index contributed by atoms with van der Waals surface area (Å²) in [5.74, 6) is -0.273. The molecule has 0 spiro atoms. The molecule has 0 fully saturated rings. The van der Waals surface area contributed by atoms with E-state index in [0.29, 0.717) is 17.9 Å². The van der Waals surface area contributed by atoms with Crippen LogP contribution in [0.25, 0.3) is 0 Å². The molecule has 9 nitrogen and oxygen atoms in total. The van der Waals surface area contributed by atoms with Gasteiger partial charge >= 0.3 is 5.69 Å². The van der Waals surface area contributed by atoms with Crippen LogP contribution in [0.2, 0.25) is 0 Å². The van der Waals surface area contributed by atoms with Gasteiger partial charge in [0.25, 0.3) is 5.56 Å². The van der Waals surface area contributed by atoms with Gasteiger partial charge in [-0.25, -0.2) is 4.79 Å². The zero-order chi connectivity index (χ0) is 19.4. The van der Waals surface area contributed by atoms with E-state index >= 15 is 0 Å². The van der Waals surface area contributed by atoms with Gasteiger partial charge in [-0.1, -0.05) is 12.1 Å². The molecular formula is C18H16N4O5. The smallest absolute Gasteiger partial charge is 0.328 e. The van der Waals surface area contributed by atoms with Crippen LogP contribution in [0.15, 0.2) is 50.3 Å². The highest BCUT2D eigenvalue weighted by Crippen LogP contribution is 2.40. The van der Waals surface area contributed by atoms with E-state index in [1.807, 2.05) is 0 Å². The molecule has 27 heavy (non-hydrogen) atoms. The summed E-state index contributed by atoms with van der Waals surface area (Å²) < 4.78 is 15.7. The molecule has 1 aliphatic heterocycles. The summed E-state index contributed by atoms with van der Waals surface area (Å²) in [6, 6.07) is 8.92. The van der Waals surface area contributed by atoms with Crippen molar-refractivity contribution < 1.29 is 14.2 Å². The first-order valence-corrected chi connectivity index (χ1v) is 8.05. The zero-order valence-corrected chi connectivity index (χ0v) is 14.6. The quantitative estimate of drug-likeness (QED) is 0.606. The van der Waals surface area contributed by atoms with E-state index in [1.165, 1.54) is 7.11 Å². The van der Waals surface area contributed by atoms with Gasteiger partial charge in [0.05, 0.1) is 25.2 Å². The summed E-state index contributed by atoms with van der Waals surface area (Å²) in [7, 11) is 1.54. The third kappa shape index (κ3) is 3.46. The van der Waals surface area contributed by atoms with Crippen LogP contribution in [0, 0.1) is 11.3 Å². The normalized spacial score (nSPS) is 15.8. The van der Waals surface area contributed by atoms with E-state index in [9.17, 15) is 14.9 Å². The number of allylic oxidation sites excluding steroid dienone is 1. The first-order valence-electron chi connectivity index (χ1n) is 8.05. The lowest BCUT2D eigenvalue weighted by Crippen LogP contribution is -2.31. The molecule has 0 bridgehead atoms. The second kappa shape index (κ2) is 7.61. The third-order valence-electron chi connectivity index (χ3n) is 3.93. The van der Waals surface area contributed by atoms with E-state index < -0.39 is 17.2 Å². The highest BCUT2D eigenvalue weighted by atomic mass is 16.5. The highest BCUT2D eigenvalue weighted by molar-refractivity contribution is 5.56. The number of ether oxygens (including phenoxy) is 3. The van der Waals surface area contributed by atoms with Crippen LogP contribution >= 0.6 is 0 Å². The average molecular weight is 368 g/mol. The second-order valence-electron chi connectivity index (χ2n) is 5.48. The maximum absolute atomic E-state index is 12.4. The van der Waals surface area contributed by atoms with Crippen molar-refractivity contribution in [2.24, 2.45) is 4.99 Å². The molecule has 2 aromatic rings. The lowest BCUT2D eigenvalue weighted by Gasteiger charge is -2.24. The predicted octanol–water partition coefficient (Wildman–Crippen LogP) is 1.40. The molecule has 138 valence electrons. The SMILES string of the molecule is CCO/C=N/C1=C(C#N)C(c2ccc(OC)cc2)c2c([nH]c(=O)[nH]c2=O)O1. The van der Waals surface area contributed by atoms with Crippen LogP contribution in [0.1, 0.15) is 24.0 Å². The number of hydrogen-bond donors (Lipinski definition) is 2. The number of fused-ring (bicyclic) bond motifs is 1. The largest absolute Gasteiger partial charge is 0.497 e. The molecule has 1 unspecified atom stereocenters. The fraction of sp³-hybridized carbons (Fsp3) is 0.222. The highest BCUT2D eigenvalue weighted by Gasteiger charge is 2.35. The van der Waals surface area contributed by atoms with E-state index in [0.717, 1.165) is 6.40 Å². The van der Waals surface area contributed by atoms with E-state index in [2.05, 4.69) is 21.0 Å². The van der Waals surface area contributed by atoms with Crippen molar-refractivity contribution >= 4 is 6.40 Å². The summed E-state index contributed by atoms with van der Waals surface area (Å²) in [4.78, 5) is 32.7. The van der Waals surface area contributed by atoms with Gasteiger partial charge < -0.3 is 14.2 Å². The standard InChI is InChI=1S/C18H16N4O5/c1-3-26-9-20-16-12(8-19)13(10-4-6-11(25-2)7-5-10)14-15(23)21-18(24)22-17(14)27-16/h4-7,9,13H,3H2,1-2H3,(H2,21,22,23,24)/b20-9+. The Hall–Kier alpha value is -3.80. The Morgan fingerprint density at radius 2 is 2.04 bits per heavy atom. The number of aliphatic imine (C=N–C) groups is 1. The second-order valence-corrected chi connectivity index (χ2v) is 5.48. The predicted molar refractivity (Wildman–Crippen MR) is 95.9 cm³/mol. The van der Waals surface area contributed by atoms with Gasteiger partial charge in [-0.3, -0.25) is 14.8 Å². The molecular weight excluding hydrogens is 352 g/mol. The van der Waals surface area contributed by atoms with Crippen LogP contribution in [-0.2, 0) is 4.74 Å². The summed E-state index contributed by atoms with van der Waals surface area (Å²) in [6.45, 7) is 2.16. The number of nitriles is 1. The number of aromatic nitrogens is 2. The van der Waals surface area contributed by atoms with Crippen LogP contribution in [0.5, 0.6) is 11.6 Å². The van der Waals surface area contributed by atoms with Crippen LogP contribution in [-0.4, -0.2) is 30.1 Å². The topological polar surface area (TPSA) is 130 Å². The van der Waals surface area contributed by atoms with E-state index in [1.54, 1.807) is 31.2 Å². The average Bonchev–Trinajstić information content (AvgIpc) is 2.67. The number of aromatic amines is 2. The molecule has 2 N–H and O–H groups in total. The lowest BCUT2D eigenvalue weighted by atomic mass is 9.85. The van der Waals surface area contributed by atoms with Gasteiger partial charge in [0.15, 0.2) is 6.40 Å². The monoisotopic (exact) mass is 368 g/mol. The molecule has 3 rings (SSSR count). The van der Waals surface area contributed by atoms with Gasteiger partial charge in [0, 0.05) is 0 Å². The van der Waals surface area contributed by atoms with Crippen LogP contribution in [0.3, 0.4) is 0 Å². The minimum Gasteiger partial charge on any atom is -0.497 e. The number of nitrogens with one attached hydrogen (secondary N) is 2. The number of nitrogens with zero attached hydrogens (tertiary/aromatic N) is 2. The van der Waals surface area contributed by atoms with Crippen molar-refractivity contribution in [3.8, 4) is 17.7 Å². The van der Waals surface area contributed by atoms with Gasteiger partial charge in [0.2, 0.25) is 11.8 Å². The summed E-state index contributed by atoms with van der Waals surface area (Å²) in [6.07, 6.45) is 1.15. The molecule has 0 aliphatic carbocycles. The fourth-order valence-corrected chi connectivity index (χ4v) is 2.74. The molecule has 2 heterocycles. The van der Waals surface area contributed by atoms with Gasteiger partial charge in [0.1, 0.15) is 17.4 Å². The summed E-state index contributed by atoms with van der Waals surface area (Å²) in [5.41, 5.74) is -0.498. The van der Waals surface area contributed by atoms with Crippen molar-refractivity contribution in [3.63, 3.8) is 0 Å². The third-order valence-corrected chi connectivity index (χ3v) is 3.93. The van der Waals surface area contributed by atoms with Crippen molar-refractivity contribution in [2.45, 2.75) is 12.8 Å². The Labute approximate surface area is 153 Å². The molecule has 1 aliphatic rings. The molecule has 0 saturated carbocycles. The molecule has 1 aromatic heterocycles. The Kier molecular flexibility index (Phi) is 5.08. The first-order chi connectivity index (χ1) is 13.1. The summed E-state index contributed by atoms with van der Waals surface area (Å²) in [5, 5.41) is 9.71. The fourth-order valence-electron chi connectivity index (χ4n) is 2.74. The van der Waals surface area contributed by atoms with E-state index in [4.69, 9.17) is 14.2 Å². The van der Waals surface area contributed by atoms with Crippen LogP contribution < -0.4 is 20.7 Å². The molecule has 1 atom stereocenters. The minimum atomic E-state index is -0.779. The molecule has 1 aromatic carbocycles. The minimum absolute atomic E-state index is 0.0551. The van der Waals surface area contributed by atoms with E-state index in [-0.39, 0.29) is 22.9 Å². The van der Waals surface area contributed by atoms with Crippen molar-refractivity contribution in [1.82, 2.24) is 9.97 Å². The first kappa shape index (κ1) is 18.0. The lowest BCUT2D eigenvalue weighted by molar-refractivity contribution is 0.333. The molecule has 0 radical (unpaired) electrons. The van der Waals surface area contributed by atoms with Crippen molar-refractivity contribution in [2.75, 3.05) is 13.7 Å². The number of H-pyrrole nitrogens is 2. The Morgan fingerprint density at radius 3 is 2.67 bits per heavy atom. The van der Waals surface area contributed by atoms with Crippen molar-refractivity contribution in [1.29, 1.82) is 5.26 Å². The Balaban J connectivity index is 2.23. The number of rotatable bonds is 5. The molecule has 0 saturated heterocycles. The van der Waals surface area contributed by atoms with Gasteiger partial charge in [-0.05, 0) is 24.6 Å². The summed E-state index contributed by atoms with van der Waals surface area (Å²) >= 11 is 0. The maximum Gasteiger partial charge on any atom is 0.328 e. The Morgan fingerprint density at radius 1 is 1.30 bits per heavy atom. The number of methoxy groups -OCH3 is 1. The molecule has 9 heteroatoms. The maximum atomic E-state index is 12.4.